The van der Waals surface area contributed by atoms with Gasteiger partial charge in [-0.05, 0) is 19.3 Å². The number of aliphatic carboxylic acids is 1. The molecule has 1 fully saturated rings. The Morgan fingerprint density at radius 3 is 2.75 bits per heavy atom. The number of carbonyl (C=O) groups excluding carboxylic acids is 2. The van der Waals surface area contributed by atoms with Crippen molar-refractivity contribution in [2.45, 2.75) is 37.8 Å². The first-order chi connectivity index (χ1) is 9.54. The maximum Gasteiger partial charge on any atom is 0.353 e. The van der Waals surface area contributed by atoms with E-state index in [-0.39, 0.29) is 23.9 Å². The van der Waals surface area contributed by atoms with E-state index >= 15 is 0 Å². The Kier molecular flexibility index (Phi) is 4.21. The van der Waals surface area contributed by atoms with Crippen molar-refractivity contribution < 1.29 is 24.3 Å². The summed E-state index contributed by atoms with van der Waals surface area (Å²) >= 11 is 0. The second-order valence-corrected chi connectivity index (χ2v) is 4.80. The van der Waals surface area contributed by atoms with E-state index in [2.05, 4.69) is 10.5 Å². The van der Waals surface area contributed by atoms with Gasteiger partial charge in [0.25, 0.3) is 5.91 Å². The number of carboxylic acids is 1. The molecule has 2 rings (SSSR count). The van der Waals surface area contributed by atoms with Gasteiger partial charge in [-0.2, -0.15) is 0 Å². The number of nitrogens with one attached hydrogen (secondary N) is 1. The molecular weight excluding hydrogens is 266 g/mol. The second kappa shape index (κ2) is 5.89. The number of hydrogen-bond donors (Lipinski definition) is 2. The van der Waals surface area contributed by atoms with Crippen LogP contribution < -0.4 is 5.32 Å². The Morgan fingerprint density at radius 1 is 1.40 bits per heavy atom. The van der Waals surface area contributed by atoms with Gasteiger partial charge in [-0.3, -0.25) is 9.59 Å². The van der Waals surface area contributed by atoms with Crippen LogP contribution in [0.3, 0.4) is 0 Å². The molecule has 0 bridgehead atoms. The zero-order valence-corrected chi connectivity index (χ0v) is 11.2. The maximum absolute atomic E-state index is 12.4. The van der Waals surface area contributed by atoms with Crippen LogP contribution in [-0.2, 0) is 19.2 Å². The van der Waals surface area contributed by atoms with Crippen LogP contribution in [0.5, 0.6) is 0 Å². The SMILES string of the molecule is CNC(=O)C1CCCCN1C(=O)C1CC(C(=O)O)=NO1. The van der Waals surface area contributed by atoms with Crippen molar-refractivity contribution in [3.63, 3.8) is 0 Å². The van der Waals surface area contributed by atoms with Crippen molar-refractivity contribution in [2.24, 2.45) is 5.16 Å². The number of likely N-dealkylation sites (N-methyl/N-ethyl adjacent to an activating group) is 1. The van der Waals surface area contributed by atoms with Crippen LogP contribution in [0.15, 0.2) is 5.16 Å². The summed E-state index contributed by atoms with van der Waals surface area (Å²) in [4.78, 5) is 41.3. The molecule has 0 radical (unpaired) electrons. The summed E-state index contributed by atoms with van der Waals surface area (Å²) in [5.74, 6) is -1.78. The fraction of sp³-hybridized carbons (Fsp3) is 0.667. The average Bonchev–Trinajstić information content (AvgIpc) is 2.95. The summed E-state index contributed by atoms with van der Waals surface area (Å²) in [6.45, 7) is 0.471. The van der Waals surface area contributed by atoms with E-state index < -0.39 is 18.1 Å². The van der Waals surface area contributed by atoms with Gasteiger partial charge in [0, 0.05) is 20.0 Å². The molecule has 2 atom stereocenters. The van der Waals surface area contributed by atoms with E-state index in [0.717, 1.165) is 12.8 Å². The molecule has 0 aromatic heterocycles. The monoisotopic (exact) mass is 283 g/mol. The zero-order chi connectivity index (χ0) is 14.7. The van der Waals surface area contributed by atoms with Crippen LogP contribution in [0, 0.1) is 0 Å². The van der Waals surface area contributed by atoms with Gasteiger partial charge in [0.1, 0.15) is 6.04 Å². The lowest BCUT2D eigenvalue weighted by atomic mass is 10.00. The molecule has 2 aliphatic rings. The molecule has 0 aromatic rings. The molecule has 8 nitrogen and oxygen atoms in total. The molecule has 8 heteroatoms. The molecule has 2 unspecified atom stereocenters. The molecule has 2 heterocycles. The van der Waals surface area contributed by atoms with Crippen LogP contribution in [0.4, 0.5) is 0 Å². The Balaban J connectivity index is 2.04. The largest absolute Gasteiger partial charge is 0.477 e. The third-order valence-electron chi connectivity index (χ3n) is 3.53. The third-order valence-corrected chi connectivity index (χ3v) is 3.53. The molecule has 0 aromatic carbocycles. The van der Waals surface area contributed by atoms with Crippen LogP contribution in [0.1, 0.15) is 25.7 Å². The molecule has 110 valence electrons. The zero-order valence-electron chi connectivity index (χ0n) is 11.2. The highest BCUT2D eigenvalue weighted by atomic mass is 16.6. The predicted octanol–water partition coefficient (Wildman–Crippen LogP) is -0.657. The van der Waals surface area contributed by atoms with Crippen molar-refractivity contribution >= 4 is 23.5 Å². The Bertz CT molecular complexity index is 462. The first-order valence-corrected chi connectivity index (χ1v) is 6.52. The number of carbonyl (C=O) groups is 3. The third kappa shape index (κ3) is 2.73. The molecule has 2 N–H and O–H groups in total. The molecule has 2 amide bonds. The smallest absolute Gasteiger partial charge is 0.353 e. The van der Waals surface area contributed by atoms with Gasteiger partial charge < -0.3 is 20.2 Å². The Morgan fingerprint density at radius 2 is 2.15 bits per heavy atom. The molecule has 0 aliphatic carbocycles. The van der Waals surface area contributed by atoms with E-state index in [1.54, 1.807) is 0 Å². The van der Waals surface area contributed by atoms with Crippen LogP contribution in [0.2, 0.25) is 0 Å². The lowest BCUT2D eigenvalue weighted by Gasteiger charge is -2.35. The fourth-order valence-electron chi connectivity index (χ4n) is 2.46. The topological polar surface area (TPSA) is 108 Å². The minimum Gasteiger partial charge on any atom is -0.477 e. The fourth-order valence-corrected chi connectivity index (χ4v) is 2.46. The van der Waals surface area contributed by atoms with Gasteiger partial charge in [0.05, 0.1) is 0 Å². The van der Waals surface area contributed by atoms with Gasteiger partial charge >= 0.3 is 5.97 Å². The van der Waals surface area contributed by atoms with Crippen molar-refractivity contribution in [1.29, 1.82) is 0 Å². The van der Waals surface area contributed by atoms with Gasteiger partial charge in [-0.25, -0.2) is 4.79 Å². The standard InChI is InChI=1S/C12H17N3O5/c1-13-10(16)8-4-2-3-5-15(8)11(17)9-6-7(12(18)19)14-20-9/h8-9H,2-6H2,1H3,(H,13,16)(H,18,19). The van der Waals surface area contributed by atoms with E-state index in [4.69, 9.17) is 9.94 Å². The highest BCUT2D eigenvalue weighted by Gasteiger charge is 2.39. The number of oxime groups is 1. The van der Waals surface area contributed by atoms with Crippen LogP contribution in [0.25, 0.3) is 0 Å². The van der Waals surface area contributed by atoms with Crippen LogP contribution >= 0.6 is 0 Å². The van der Waals surface area contributed by atoms with E-state index in [1.165, 1.54) is 11.9 Å². The van der Waals surface area contributed by atoms with Crippen molar-refractivity contribution in [1.82, 2.24) is 10.2 Å². The van der Waals surface area contributed by atoms with E-state index in [0.29, 0.717) is 13.0 Å². The molecule has 1 saturated heterocycles. The van der Waals surface area contributed by atoms with Crippen molar-refractivity contribution in [3.8, 4) is 0 Å². The summed E-state index contributed by atoms with van der Waals surface area (Å²) in [7, 11) is 1.53. The number of piperidine rings is 1. The second-order valence-electron chi connectivity index (χ2n) is 4.80. The number of rotatable bonds is 3. The quantitative estimate of drug-likeness (QED) is 0.715. The van der Waals surface area contributed by atoms with Crippen molar-refractivity contribution in [3.05, 3.63) is 0 Å². The molecule has 0 spiro atoms. The van der Waals surface area contributed by atoms with E-state index in [1.807, 2.05) is 0 Å². The number of nitrogens with zero attached hydrogens (tertiary/aromatic N) is 2. The number of hydrogen-bond acceptors (Lipinski definition) is 5. The highest BCUT2D eigenvalue weighted by molar-refractivity contribution is 6.36. The van der Waals surface area contributed by atoms with Crippen LogP contribution in [-0.4, -0.2) is 59.2 Å². The molecule has 0 saturated carbocycles. The first-order valence-electron chi connectivity index (χ1n) is 6.52. The van der Waals surface area contributed by atoms with Gasteiger partial charge in [-0.1, -0.05) is 5.16 Å². The van der Waals surface area contributed by atoms with Gasteiger partial charge in [-0.15, -0.1) is 0 Å². The summed E-state index contributed by atoms with van der Waals surface area (Å²) < 4.78 is 0. The molecular formula is C12H17N3O5. The molecule has 2 aliphatic heterocycles. The highest BCUT2D eigenvalue weighted by Crippen LogP contribution is 2.21. The molecule has 20 heavy (non-hydrogen) atoms. The van der Waals surface area contributed by atoms with Crippen molar-refractivity contribution in [2.75, 3.05) is 13.6 Å². The summed E-state index contributed by atoms with van der Waals surface area (Å²) in [6.07, 6.45) is 1.30. The summed E-state index contributed by atoms with van der Waals surface area (Å²) in [5.41, 5.74) is -0.170. The summed E-state index contributed by atoms with van der Waals surface area (Å²) in [6, 6.07) is -0.515. The number of carboxylic acid groups (broad SMARTS) is 1. The van der Waals surface area contributed by atoms with Gasteiger partial charge in [0.2, 0.25) is 12.0 Å². The normalized spacial score (nSPS) is 25.6. The average molecular weight is 283 g/mol. The minimum atomic E-state index is -1.19. The van der Waals surface area contributed by atoms with E-state index in [9.17, 15) is 14.4 Å². The lowest BCUT2D eigenvalue weighted by Crippen LogP contribution is -2.54. The summed E-state index contributed by atoms with van der Waals surface area (Å²) in [5, 5.41) is 14.7. The Hall–Kier alpha value is -2.12. The predicted molar refractivity (Wildman–Crippen MR) is 68.0 cm³/mol. The lowest BCUT2D eigenvalue weighted by molar-refractivity contribution is -0.150. The maximum atomic E-state index is 12.4. The number of amides is 2. The minimum absolute atomic E-state index is 0.0644. The Labute approximate surface area is 115 Å². The van der Waals surface area contributed by atoms with Gasteiger partial charge in [0.15, 0.2) is 5.71 Å². The number of likely N-dealkylation sites (tertiary alicyclic amines) is 1. The first kappa shape index (κ1) is 14.3.